The summed E-state index contributed by atoms with van der Waals surface area (Å²) in [5.41, 5.74) is 0.113. The number of ether oxygens (including phenoxy) is 1. The van der Waals surface area contributed by atoms with Gasteiger partial charge < -0.3 is 10.1 Å². The molecule has 0 aliphatic carbocycles. The number of carbonyl (C=O) groups excluding carboxylic acids is 1. The van der Waals surface area contributed by atoms with E-state index in [1.54, 1.807) is 18.2 Å². The summed E-state index contributed by atoms with van der Waals surface area (Å²) in [6, 6.07) is 6.98. The molecule has 0 spiro atoms. The van der Waals surface area contributed by atoms with Gasteiger partial charge in [0.25, 0.3) is 11.5 Å². The smallest absolute Gasteiger partial charge is 0.274 e. The number of amides is 1. The van der Waals surface area contributed by atoms with Gasteiger partial charge in [0.2, 0.25) is 0 Å². The maximum Gasteiger partial charge on any atom is 0.274 e. The van der Waals surface area contributed by atoms with E-state index >= 15 is 0 Å². The number of benzene rings is 1. The quantitative estimate of drug-likeness (QED) is 0.709. The lowest BCUT2D eigenvalue weighted by atomic mass is 10.1. The molecule has 2 rings (SSSR count). The third-order valence-electron chi connectivity index (χ3n) is 3.93. The molecule has 0 saturated carbocycles. The van der Waals surface area contributed by atoms with Crippen molar-refractivity contribution in [3.05, 3.63) is 40.3 Å². The molecule has 6 heteroatoms. The second-order valence-corrected chi connectivity index (χ2v) is 6.31. The van der Waals surface area contributed by atoms with E-state index in [-0.39, 0.29) is 23.2 Å². The largest absolute Gasteiger partial charge is 0.381 e. The van der Waals surface area contributed by atoms with E-state index in [9.17, 15) is 9.59 Å². The van der Waals surface area contributed by atoms with Crippen LogP contribution >= 0.6 is 0 Å². The number of aromatic nitrogens is 2. The Kier molecular flexibility index (Phi) is 7.13. The molecule has 0 fully saturated rings. The Morgan fingerprint density at radius 1 is 1.20 bits per heavy atom. The van der Waals surface area contributed by atoms with Gasteiger partial charge in [-0.3, -0.25) is 9.59 Å². The first kappa shape index (κ1) is 19.1. The molecule has 0 saturated heterocycles. The molecule has 1 aromatic heterocycles. The van der Waals surface area contributed by atoms with Gasteiger partial charge in [-0.05, 0) is 32.8 Å². The lowest BCUT2D eigenvalue weighted by Gasteiger charge is -2.13. The van der Waals surface area contributed by atoms with E-state index in [2.05, 4.69) is 17.3 Å². The molecule has 0 radical (unpaired) electrons. The van der Waals surface area contributed by atoms with Gasteiger partial charge in [-0.1, -0.05) is 31.5 Å². The summed E-state index contributed by atoms with van der Waals surface area (Å²) in [4.78, 5) is 25.0. The number of carbonyl (C=O) groups is 1. The zero-order chi connectivity index (χ0) is 18.2. The minimum Gasteiger partial charge on any atom is -0.381 e. The highest BCUT2D eigenvalue weighted by Gasteiger charge is 2.17. The van der Waals surface area contributed by atoms with Crippen LogP contribution in [0.1, 0.15) is 56.6 Å². The van der Waals surface area contributed by atoms with Crippen molar-refractivity contribution < 1.29 is 9.53 Å². The van der Waals surface area contributed by atoms with Gasteiger partial charge in [0, 0.05) is 25.1 Å². The maximum atomic E-state index is 12.6. The van der Waals surface area contributed by atoms with Crippen molar-refractivity contribution in [3.8, 4) is 0 Å². The minimum atomic E-state index is -0.265. The van der Waals surface area contributed by atoms with Gasteiger partial charge in [-0.25, -0.2) is 4.68 Å². The number of hydrogen-bond acceptors (Lipinski definition) is 4. The average Bonchev–Trinajstić information content (AvgIpc) is 2.61. The van der Waals surface area contributed by atoms with Crippen molar-refractivity contribution in [1.29, 1.82) is 0 Å². The highest BCUT2D eigenvalue weighted by atomic mass is 16.5. The molecule has 1 heterocycles. The summed E-state index contributed by atoms with van der Waals surface area (Å²) in [7, 11) is 0. The summed E-state index contributed by atoms with van der Waals surface area (Å²) in [6.07, 6.45) is 2.91. The summed E-state index contributed by atoms with van der Waals surface area (Å²) < 4.78 is 6.85. The molecule has 0 atom stereocenters. The molecule has 136 valence electrons. The summed E-state index contributed by atoms with van der Waals surface area (Å²) in [5, 5.41) is 8.27. The second kappa shape index (κ2) is 9.32. The molecule has 6 nitrogen and oxygen atoms in total. The number of fused-ring (bicyclic) bond motifs is 1. The number of hydrogen-bond donors (Lipinski definition) is 1. The summed E-state index contributed by atoms with van der Waals surface area (Å²) in [6.45, 7) is 7.77. The number of nitrogens with one attached hydrogen (secondary N) is 1. The van der Waals surface area contributed by atoms with Crippen molar-refractivity contribution in [1.82, 2.24) is 15.1 Å². The van der Waals surface area contributed by atoms with Crippen LogP contribution in [-0.2, 0) is 4.74 Å². The van der Waals surface area contributed by atoms with Crippen LogP contribution in [0.4, 0.5) is 0 Å². The van der Waals surface area contributed by atoms with Crippen LogP contribution in [0.5, 0.6) is 0 Å². The number of nitrogens with zero attached hydrogens (tertiary/aromatic N) is 2. The highest BCUT2D eigenvalue weighted by Crippen LogP contribution is 2.14. The van der Waals surface area contributed by atoms with Crippen LogP contribution in [-0.4, -0.2) is 35.4 Å². The summed E-state index contributed by atoms with van der Waals surface area (Å²) in [5.74, 6) is -0.265. The fourth-order valence-electron chi connectivity index (χ4n) is 2.53. The zero-order valence-corrected chi connectivity index (χ0v) is 15.2. The lowest BCUT2D eigenvalue weighted by Crippen LogP contribution is -2.32. The molecule has 1 N–H and O–H groups in total. The Balaban J connectivity index is 2.10. The summed E-state index contributed by atoms with van der Waals surface area (Å²) >= 11 is 0. The van der Waals surface area contributed by atoms with Crippen molar-refractivity contribution in [2.75, 3.05) is 19.8 Å². The van der Waals surface area contributed by atoms with Crippen LogP contribution < -0.4 is 10.9 Å². The molecule has 1 amide bonds. The van der Waals surface area contributed by atoms with Crippen LogP contribution in [0.25, 0.3) is 10.8 Å². The monoisotopic (exact) mass is 345 g/mol. The number of rotatable bonds is 9. The average molecular weight is 345 g/mol. The third-order valence-corrected chi connectivity index (χ3v) is 3.93. The Labute approximate surface area is 148 Å². The molecule has 0 aliphatic heterocycles. The topological polar surface area (TPSA) is 73.2 Å². The Hall–Kier alpha value is -2.21. The predicted molar refractivity (Wildman–Crippen MR) is 99.1 cm³/mol. The van der Waals surface area contributed by atoms with E-state index in [1.165, 1.54) is 4.68 Å². The number of unbranched alkanes of at least 4 members (excludes halogenated alkanes) is 1. The molecule has 0 unspecified atom stereocenters. The first-order valence-corrected chi connectivity index (χ1v) is 8.93. The van der Waals surface area contributed by atoms with E-state index in [0.717, 1.165) is 25.9 Å². The molecular weight excluding hydrogens is 318 g/mol. The lowest BCUT2D eigenvalue weighted by molar-refractivity contribution is 0.0935. The first-order chi connectivity index (χ1) is 12.1. The van der Waals surface area contributed by atoms with Crippen molar-refractivity contribution in [2.45, 2.75) is 46.1 Å². The van der Waals surface area contributed by atoms with Crippen LogP contribution in [0.3, 0.4) is 0 Å². The zero-order valence-electron chi connectivity index (χ0n) is 15.2. The molecule has 0 aliphatic rings. The van der Waals surface area contributed by atoms with Crippen LogP contribution in [0.15, 0.2) is 29.1 Å². The maximum absolute atomic E-state index is 12.6. The Morgan fingerprint density at radius 2 is 1.88 bits per heavy atom. The van der Waals surface area contributed by atoms with E-state index < -0.39 is 0 Å². The molecule has 25 heavy (non-hydrogen) atoms. The van der Waals surface area contributed by atoms with Crippen molar-refractivity contribution in [2.24, 2.45) is 0 Å². The van der Waals surface area contributed by atoms with Crippen molar-refractivity contribution >= 4 is 16.7 Å². The Bertz CT molecular complexity index is 768. The van der Waals surface area contributed by atoms with Gasteiger partial charge in [0.1, 0.15) is 0 Å². The molecule has 0 bridgehead atoms. The van der Waals surface area contributed by atoms with Crippen LogP contribution in [0.2, 0.25) is 0 Å². The van der Waals surface area contributed by atoms with Crippen LogP contribution in [0, 0.1) is 0 Å². The van der Waals surface area contributed by atoms with Gasteiger partial charge >= 0.3 is 0 Å². The van der Waals surface area contributed by atoms with Gasteiger partial charge in [0.15, 0.2) is 5.69 Å². The van der Waals surface area contributed by atoms with Gasteiger partial charge in [0.05, 0.1) is 11.4 Å². The molecule has 2 aromatic rings. The van der Waals surface area contributed by atoms with Gasteiger partial charge in [-0.2, -0.15) is 5.10 Å². The molecular formula is C19H27N3O3. The van der Waals surface area contributed by atoms with E-state index in [1.807, 2.05) is 19.9 Å². The minimum absolute atomic E-state index is 0.115. The normalized spacial score (nSPS) is 11.2. The van der Waals surface area contributed by atoms with E-state index in [4.69, 9.17) is 4.74 Å². The predicted octanol–water partition coefficient (Wildman–Crippen LogP) is 2.91. The van der Waals surface area contributed by atoms with Gasteiger partial charge in [-0.15, -0.1) is 0 Å². The Morgan fingerprint density at radius 3 is 2.56 bits per heavy atom. The fraction of sp³-hybridized carbons (Fsp3) is 0.526. The van der Waals surface area contributed by atoms with E-state index in [0.29, 0.717) is 23.9 Å². The fourth-order valence-corrected chi connectivity index (χ4v) is 2.53. The second-order valence-electron chi connectivity index (χ2n) is 6.31. The molecule has 1 aromatic carbocycles. The standard InChI is InChI=1S/C19H27N3O3/c1-4-5-12-25-13-8-11-20-18(23)17-15-9-6-7-10-16(15)19(24)22(21-17)14(2)3/h6-7,9-10,14H,4-5,8,11-13H2,1-3H3,(H,20,23). The van der Waals surface area contributed by atoms with Crippen molar-refractivity contribution in [3.63, 3.8) is 0 Å². The third kappa shape index (κ3) is 4.89. The first-order valence-electron chi connectivity index (χ1n) is 8.93. The SMILES string of the molecule is CCCCOCCCNC(=O)c1nn(C(C)C)c(=O)c2ccccc12. The highest BCUT2D eigenvalue weighted by molar-refractivity contribution is 6.04.